The number of halogens is 3. The third kappa shape index (κ3) is 3.43. The lowest BCUT2D eigenvalue weighted by Gasteiger charge is -2.06. The minimum Gasteiger partial charge on any atom is -0.367 e. The van der Waals surface area contributed by atoms with E-state index in [0.717, 1.165) is 5.56 Å². The van der Waals surface area contributed by atoms with Gasteiger partial charge in [-0.25, -0.2) is 0 Å². The summed E-state index contributed by atoms with van der Waals surface area (Å²) in [7, 11) is 0. The van der Waals surface area contributed by atoms with Crippen molar-refractivity contribution in [3.63, 3.8) is 0 Å². The van der Waals surface area contributed by atoms with Gasteiger partial charge < -0.3 is 10.3 Å². The monoisotopic (exact) mass is 178 g/mol. The maximum atomic E-state index is 11.6. The Balaban J connectivity index is 2.20. The van der Waals surface area contributed by atoms with Gasteiger partial charge in [-0.3, -0.25) is 0 Å². The zero-order valence-corrected chi connectivity index (χ0v) is 6.28. The average Bonchev–Trinajstić information content (AvgIpc) is 2.36. The molecule has 0 saturated heterocycles. The van der Waals surface area contributed by atoms with Gasteiger partial charge in [0.1, 0.15) is 0 Å². The molecule has 1 aromatic heterocycles. The van der Waals surface area contributed by atoms with Crippen molar-refractivity contribution in [2.45, 2.75) is 12.7 Å². The highest BCUT2D eigenvalue weighted by molar-refractivity contribution is 5.07. The molecule has 0 atom stereocenters. The predicted molar refractivity (Wildman–Crippen MR) is 38.6 cm³/mol. The minimum atomic E-state index is -4.13. The van der Waals surface area contributed by atoms with Crippen molar-refractivity contribution in [1.29, 1.82) is 0 Å². The number of alkyl halides is 3. The molecular formula is C7H9F3N2. The molecule has 2 nitrogen and oxygen atoms in total. The van der Waals surface area contributed by atoms with Gasteiger partial charge in [-0.05, 0) is 11.6 Å². The van der Waals surface area contributed by atoms with Crippen molar-refractivity contribution in [3.05, 3.63) is 24.0 Å². The van der Waals surface area contributed by atoms with Crippen LogP contribution in [-0.4, -0.2) is 17.7 Å². The molecule has 0 fully saturated rings. The number of rotatable bonds is 3. The van der Waals surface area contributed by atoms with Crippen molar-refractivity contribution in [3.8, 4) is 0 Å². The van der Waals surface area contributed by atoms with Gasteiger partial charge in [-0.2, -0.15) is 13.2 Å². The molecule has 68 valence electrons. The zero-order valence-electron chi connectivity index (χ0n) is 6.28. The van der Waals surface area contributed by atoms with Crippen molar-refractivity contribution in [2.24, 2.45) is 0 Å². The molecule has 0 aliphatic heterocycles. The van der Waals surface area contributed by atoms with Gasteiger partial charge in [-0.15, -0.1) is 0 Å². The van der Waals surface area contributed by atoms with Crippen LogP contribution in [0, 0.1) is 0 Å². The van der Waals surface area contributed by atoms with E-state index in [9.17, 15) is 13.2 Å². The Labute approximate surface area is 67.8 Å². The number of hydrogen-bond acceptors (Lipinski definition) is 1. The Morgan fingerprint density at radius 3 is 2.67 bits per heavy atom. The molecule has 0 spiro atoms. The SMILES string of the molecule is FC(F)(F)CNCc1cc[nH]c1. The first kappa shape index (κ1) is 9.12. The first-order valence-corrected chi connectivity index (χ1v) is 3.47. The molecule has 0 unspecified atom stereocenters. The average molecular weight is 178 g/mol. The standard InChI is InChI=1S/C7H9F3N2/c8-7(9,10)5-12-4-6-1-2-11-3-6/h1-3,11-12H,4-5H2. The Kier molecular flexibility index (Phi) is 2.75. The normalized spacial score (nSPS) is 11.9. The number of aromatic amines is 1. The van der Waals surface area contributed by atoms with Gasteiger partial charge in [0, 0.05) is 18.9 Å². The molecule has 0 radical (unpaired) electrons. The van der Waals surface area contributed by atoms with Gasteiger partial charge >= 0.3 is 6.18 Å². The molecule has 0 amide bonds. The summed E-state index contributed by atoms with van der Waals surface area (Å²) in [5.74, 6) is 0. The van der Waals surface area contributed by atoms with Gasteiger partial charge in [-0.1, -0.05) is 0 Å². The topological polar surface area (TPSA) is 27.8 Å². The van der Waals surface area contributed by atoms with Crippen molar-refractivity contribution in [2.75, 3.05) is 6.54 Å². The van der Waals surface area contributed by atoms with Crippen molar-refractivity contribution < 1.29 is 13.2 Å². The summed E-state index contributed by atoms with van der Waals surface area (Å²) in [6.07, 6.45) is -0.801. The molecule has 12 heavy (non-hydrogen) atoms. The highest BCUT2D eigenvalue weighted by Gasteiger charge is 2.25. The first-order valence-electron chi connectivity index (χ1n) is 3.47. The van der Waals surface area contributed by atoms with Crippen LogP contribution in [0.25, 0.3) is 0 Å². The van der Waals surface area contributed by atoms with E-state index in [2.05, 4.69) is 10.3 Å². The molecule has 1 heterocycles. The molecule has 1 aromatic rings. The maximum absolute atomic E-state index is 11.6. The summed E-state index contributed by atoms with van der Waals surface area (Å²) in [5, 5.41) is 2.28. The first-order chi connectivity index (χ1) is 5.58. The van der Waals surface area contributed by atoms with E-state index in [4.69, 9.17) is 0 Å². The minimum absolute atomic E-state index is 0.239. The fourth-order valence-corrected chi connectivity index (χ4v) is 0.817. The second-order valence-corrected chi connectivity index (χ2v) is 2.44. The van der Waals surface area contributed by atoms with Crippen LogP contribution in [0.1, 0.15) is 5.56 Å². The van der Waals surface area contributed by atoms with Gasteiger partial charge in [0.15, 0.2) is 0 Å². The molecule has 0 aliphatic carbocycles. The van der Waals surface area contributed by atoms with Crippen LogP contribution in [-0.2, 0) is 6.54 Å². The maximum Gasteiger partial charge on any atom is 0.401 e. The molecule has 0 aromatic carbocycles. The number of nitrogens with one attached hydrogen (secondary N) is 2. The van der Waals surface area contributed by atoms with E-state index in [1.165, 1.54) is 0 Å². The van der Waals surface area contributed by atoms with E-state index in [-0.39, 0.29) is 6.54 Å². The van der Waals surface area contributed by atoms with E-state index in [1.807, 2.05) is 0 Å². The number of hydrogen-bond donors (Lipinski definition) is 2. The van der Waals surface area contributed by atoms with E-state index < -0.39 is 12.7 Å². The summed E-state index contributed by atoms with van der Waals surface area (Å²) in [5.41, 5.74) is 0.819. The second-order valence-electron chi connectivity index (χ2n) is 2.44. The van der Waals surface area contributed by atoms with E-state index >= 15 is 0 Å². The summed E-state index contributed by atoms with van der Waals surface area (Å²) < 4.78 is 34.8. The van der Waals surface area contributed by atoms with E-state index in [1.54, 1.807) is 18.5 Å². The lowest BCUT2D eigenvalue weighted by atomic mass is 10.3. The number of H-pyrrole nitrogens is 1. The van der Waals surface area contributed by atoms with Crippen LogP contribution in [0.4, 0.5) is 13.2 Å². The third-order valence-corrected chi connectivity index (χ3v) is 1.32. The molecule has 1 rings (SSSR count). The Bertz CT molecular complexity index is 215. The largest absolute Gasteiger partial charge is 0.401 e. The van der Waals surface area contributed by atoms with Gasteiger partial charge in [0.2, 0.25) is 0 Å². The van der Waals surface area contributed by atoms with Crippen LogP contribution in [0.2, 0.25) is 0 Å². The van der Waals surface area contributed by atoms with Gasteiger partial charge in [0.05, 0.1) is 6.54 Å². The van der Waals surface area contributed by atoms with Crippen LogP contribution in [0.5, 0.6) is 0 Å². The highest BCUT2D eigenvalue weighted by Crippen LogP contribution is 2.12. The van der Waals surface area contributed by atoms with Crippen LogP contribution in [0.3, 0.4) is 0 Å². The lowest BCUT2D eigenvalue weighted by Crippen LogP contribution is -2.28. The van der Waals surface area contributed by atoms with Gasteiger partial charge in [0.25, 0.3) is 0 Å². The van der Waals surface area contributed by atoms with Crippen molar-refractivity contribution in [1.82, 2.24) is 10.3 Å². The van der Waals surface area contributed by atoms with Crippen LogP contribution < -0.4 is 5.32 Å². The fraction of sp³-hybridized carbons (Fsp3) is 0.429. The third-order valence-electron chi connectivity index (χ3n) is 1.32. The van der Waals surface area contributed by atoms with Crippen LogP contribution in [0.15, 0.2) is 18.5 Å². The molecule has 2 N–H and O–H groups in total. The van der Waals surface area contributed by atoms with Crippen molar-refractivity contribution >= 4 is 0 Å². The molecule has 5 heteroatoms. The summed E-state index contributed by atoms with van der Waals surface area (Å²) in [4.78, 5) is 2.76. The summed E-state index contributed by atoms with van der Waals surface area (Å²) in [6, 6.07) is 1.73. The van der Waals surface area contributed by atoms with Crippen LogP contribution >= 0.6 is 0 Å². The molecular weight excluding hydrogens is 169 g/mol. The fourth-order valence-electron chi connectivity index (χ4n) is 0.817. The second kappa shape index (κ2) is 3.62. The Hall–Kier alpha value is -0.970. The van der Waals surface area contributed by atoms with E-state index in [0.29, 0.717) is 0 Å². The summed E-state index contributed by atoms with van der Waals surface area (Å²) >= 11 is 0. The molecule has 0 aliphatic rings. The number of aromatic nitrogens is 1. The zero-order chi connectivity index (χ0) is 9.03. The smallest absolute Gasteiger partial charge is 0.367 e. The quantitative estimate of drug-likeness (QED) is 0.723. The lowest BCUT2D eigenvalue weighted by molar-refractivity contribution is -0.125. The Morgan fingerprint density at radius 2 is 2.17 bits per heavy atom. The highest BCUT2D eigenvalue weighted by atomic mass is 19.4. The Morgan fingerprint density at radius 1 is 1.42 bits per heavy atom. The summed E-state index contributed by atoms with van der Waals surface area (Å²) in [6.45, 7) is -0.707. The predicted octanol–water partition coefficient (Wildman–Crippen LogP) is 1.67. The molecule has 0 bridgehead atoms. The molecule has 0 saturated carbocycles.